The van der Waals surface area contributed by atoms with E-state index >= 15 is 0 Å². The lowest BCUT2D eigenvalue weighted by Crippen LogP contribution is -2.53. The molecule has 4 fully saturated rings. The number of esters is 1. The van der Waals surface area contributed by atoms with E-state index in [0.29, 0.717) is 29.0 Å². The van der Waals surface area contributed by atoms with E-state index in [-0.39, 0.29) is 12.1 Å². The van der Waals surface area contributed by atoms with Crippen LogP contribution >= 0.6 is 0 Å². The molecule has 0 bridgehead atoms. The van der Waals surface area contributed by atoms with Gasteiger partial charge in [-0.2, -0.15) is 0 Å². The molecule has 4 rings (SSSR count). The van der Waals surface area contributed by atoms with Gasteiger partial charge >= 0.3 is 5.97 Å². The summed E-state index contributed by atoms with van der Waals surface area (Å²) in [5.74, 6) is 4.70. The molecule has 0 heterocycles. The summed E-state index contributed by atoms with van der Waals surface area (Å²) < 4.78 is 5.44. The summed E-state index contributed by atoms with van der Waals surface area (Å²) in [6.45, 7) is 9.09. The number of ketones is 1. The van der Waals surface area contributed by atoms with E-state index < -0.39 is 0 Å². The number of ether oxygens (including phenoxy) is 1. The fourth-order valence-electron chi connectivity index (χ4n) is 8.82. The topological polar surface area (TPSA) is 43.4 Å². The summed E-state index contributed by atoms with van der Waals surface area (Å²) >= 11 is 0. The molecule has 0 amide bonds. The van der Waals surface area contributed by atoms with Gasteiger partial charge in [0.2, 0.25) is 0 Å². The number of Topliss-reactive ketones (excluding diaryl/α,β-unsaturated/α-hetero) is 1. The highest BCUT2D eigenvalue weighted by Crippen LogP contribution is 2.67. The molecule has 0 radical (unpaired) electrons. The first kappa shape index (κ1) is 23.3. The van der Waals surface area contributed by atoms with Crippen LogP contribution in [0, 0.1) is 40.4 Å². The van der Waals surface area contributed by atoms with Gasteiger partial charge in [-0.15, -0.1) is 0 Å². The van der Waals surface area contributed by atoms with Gasteiger partial charge in [0, 0.05) is 19.3 Å². The number of carbonyl (C=O) groups excluding carboxylic acids is 2. The van der Waals surface area contributed by atoms with Gasteiger partial charge in [-0.3, -0.25) is 9.59 Å². The van der Waals surface area contributed by atoms with Gasteiger partial charge in [0.15, 0.2) is 0 Å². The van der Waals surface area contributed by atoms with Crippen molar-refractivity contribution >= 4 is 11.8 Å². The Morgan fingerprint density at radius 3 is 2.58 bits per heavy atom. The Morgan fingerprint density at radius 2 is 1.81 bits per heavy atom. The summed E-state index contributed by atoms with van der Waals surface area (Å²) in [7, 11) is 0. The van der Waals surface area contributed by atoms with Crippen molar-refractivity contribution in [1.82, 2.24) is 0 Å². The first-order valence-corrected chi connectivity index (χ1v) is 13.5. The van der Waals surface area contributed by atoms with Gasteiger partial charge in [-0.1, -0.05) is 27.2 Å². The molecule has 8 atom stereocenters. The molecule has 4 saturated carbocycles. The van der Waals surface area contributed by atoms with Crippen LogP contribution in [0.4, 0.5) is 0 Å². The maximum absolute atomic E-state index is 12.1. The van der Waals surface area contributed by atoms with Gasteiger partial charge in [0.25, 0.3) is 0 Å². The van der Waals surface area contributed by atoms with Gasteiger partial charge in [-0.05, 0) is 112 Å². The SMILES string of the molecule is CCC(=O)OC(C)CCCCC1CC[C@H]2[C@@H]3CCC4CC(=O)CC[C@]4(C)[C@@H]3CC[C@]12C. The lowest BCUT2D eigenvalue weighted by atomic mass is 9.44. The second kappa shape index (κ2) is 9.18. The maximum Gasteiger partial charge on any atom is 0.305 e. The molecule has 0 N–H and O–H groups in total. The van der Waals surface area contributed by atoms with E-state index in [9.17, 15) is 9.59 Å². The van der Waals surface area contributed by atoms with Crippen molar-refractivity contribution in [1.29, 1.82) is 0 Å². The predicted molar refractivity (Wildman–Crippen MR) is 125 cm³/mol. The molecule has 0 spiro atoms. The monoisotopic (exact) mass is 430 g/mol. The third-order valence-electron chi connectivity index (χ3n) is 10.7. The standard InChI is InChI=1S/C28H46O3/c1-5-26(30)31-19(2)8-6-7-9-20-11-13-24-23-12-10-21-18-22(29)14-16-28(21,4)25(23)15-17-27(20,24)3/h19-21,23-25H,5-18H2,1-4H3/t19?,20?,21?,23-,24-,25+,27+,28-/m0/s1. The highest BCUT2D eigenvalue weighted by atomic mass is 16.5. The van der Waals surface area contributed by atoms with Crippen LogP contribution < -0.4 is 0 Å². The summed E-state index contributed by atoms with van der Waals surface area (Å²) in [6.07, 6.45) is 16.6. The van der Waals surface area contributed by atoms with Gasteiger partial charge in [0.1, 0.15) is 5.78 Å². The van der Waals surface area contributed by atoms with Crippen molar-refractivity contribution in [2.45, 2.75) is 124 Å². The molecule has 3 nitrogen and oxygen atoms in total. The molecular weight excluding hydrogens is 384 g/mol. The Labute approximate surface area is 190 Å². The second-order valence-corrected chi connectivity index (χ2v) is 12.2. The third kappa shape index (κ3) is 4.36. The van der Waals surface area contributed by atoms with Crippen molar-refractivity contribution in [3.05, 3.63) is 0 Å². The van der Waals surface area contributed by atoms with E-state index in [1.165, 1.54) is 57.8 Å². The molecule has 4 aliphatic rings. The van der Waals surface area contributed by atoms with Crippen LogP contribution in [0.3, 0.4) is 0 Å². The normalized spacial score (nSPS) is 43.0. The number of rotatable bonds is 7. The van der Waals surface area contributed by atoms with Gasteiger partial charge in [0.05, 0.1) is 6.10 Å². The summed E-state index contributed by atoms with van der Waals surface area (Å²) in [5, 5.41) is 0. The zero-order valence-electron chi connectivity index (χ0n) is 20.6. The Kier molecular flexibility index (Phi) is 6.90. The molecule has 0 aromatic rings. The quantitative estimate of drug-likeness (QED) is 0.319. The fourth-order valence-corrected chi connectivity index (χ4v) is 8.82. The van der Waals surface area contributed by atoms with Crippen LogP contribution in [-0.2, 0) is 14.3 Å². The van der Waals surface area contributed by atoms with E-state index in [1.54, 1.807) is 0 Å². The average molecular weight is 431 g/mol. The zero-order chi connectivity index (χ0) is 22.2. The molecule has 31 heavy (non-hydrogen) atoms. The van der Waals surface area contributed by atoms with E-state index in [1.807, 2.05) is 13.8 Å². The highest BCUT2D eigenvalue weighted by Gasteiger charge is 2.59. The Bertz CT molecular complexity index is 671. The highest BCUT2D eigenvalue weighted by molar-refractivity contribution is 5.79. The van der Waals surface area contributed by atoms with Crippen molar-refractivity contribution in [2.24, 2.45) is 40.4 Å². The molecule has 0 aliphatic heterocycles. The average Bonchev–Trinajstić information content (AvgIpc) is 3.08. The molecule has 0 aromatic heterocycles. The van der Waals surface area contributed by atoms with E-state index in [2.05, 4.69) is 13.8 Å². The predicted octanol–water partition coefficient (Wildman–Crippen LogP) is 7.12. The number of hydrogen-bond acceptors (Lipinski definition) is 3. The molecule has 176 valence electrons. The van der Waals surface area contributed by atoms with Crippen LogP contribution in [0.5, 0.6) is 0 Å². The minimum Gasteiger partial charge on any atom is -0.463 e. The van der Waals surface area contributed by atoms with Crippen LogP contribution in [0.25, 0.3) is 0 Å². The first-order valence-electron chi connectivity index (χ1n) is 13.5. The van der Waals surface area contributed by atoms with Gasteiger partial charge in [-0.25, -0.2) is 0 Å². The number of carbonyl (C=O) groups is 2. The molecule has 4 aliphatic carbocycles. The Morgan fingerprint density at radius 1 is 1.03 bits per heavy atom. The molecule has 3 heteroatoms. The minimum atomic E-state index is -0.0684. The largest absolute Gasteiger partial charge is 0.463 e. The molecule has 3 unspecified atom stereocenters. The van der Waals surface area contributed by atoms with Crippen molar-refractivity contribution in [3.8, 4) is 0 Å². The molecular formula is C28H46O3. The van der Waals surface area contributed by atoms with Crippen molar-refractivity contribution in [3.63, 3.8) is 0 Å². The lowest BCUT2D eigenvalue weighted by molar-refractivity contribution is -0.148. The lowest BCUT2D eigenvalue weighted by Gasteiger charge is -2.60. The third-order valence-corrected chi connectivity index (χ3v) is 10.7. The van der Waals surface area contributed by atoms with Gasteiger partial charge < -0.3 is 4.74 Å². The summed E-state index contributed by atoms with van der Waals surface area (Å²) in [5.41, 5.74) is 0.970. The van der Waals surface area contributed by atoms with Crippen LogP contribution in [0.2, 0.25) is 0 Å². The first-order chi connectivity index (χ1) is 14.8. The van der Waals surface area contributed by atoms with Crippen LogP contribution in [-0.4, -0.2) is 17.9 Å². The summed E-state index contributed by atoms with van der Waals surface area (Å²) in [4.78, 5) is 23.6. The van der Waals surface area contributed by atoms with Crippen LogP contribution in [0.1, 0.15) is 118 Å². The van der Waals surface area contributed by atoms with Crippen molar-refractivity contribution < 1.29 is 14.3 Å². The zero-order valence-corrected chi connectivity index (χ0v) is 20.6. The molecule has 0 saturated heterocycles. The number of fused-ring (bicyclic) bond motifs is 5. The van der Waals surface area contributed by atoms with E-state index in [4.69, 9.17) is 4.74 Å². The maximum atomic E-state index is 12.1. The number of unbranched alkanes of at least 4 members (excludes halogenated alkanes) is 1. The Balaban J connectivity index is 1.32. The van der Waals surface area contributed by atoms with E-state index in [0.717, 1.165) is 49.4 Å². The summed E-state index contributed by atoms with van der Waals surface area (Å²) in [6, 6.07) is 0. The minimum absolute atomic E-state index is 0.0631. The smallest absolute Gasteiger partial charge is 0.305 e. The van der Waals surface area contributed by atoms with Crippen LogP contribution in [0.15, 0.2) is 0 Å². The van der Waals surface area contributed by atoms with Crippen molar-refractivity contribution in [2.75, 3.05) is 0 Å². The molecule has 0 aromatic carbocycles. The number of hydrogen-bond donors (Lipinski definition) is 0. The Hall–Kier alpha value is -0.860. The fraction of sp³-hybridized carbons (Fsp3) is 0.929. The second-order valence-electron chi connectivity index (χ2n) is 12.2.